The summed E-state index contributed by atoms with van der Waals surface area (Å²) in [5.74, 6) is -2.88. The van der Waals surface area contributed by atoms with Crippen molar-refractivity contribution in [3.63, 3.8) is 0 Å². The van der Waals surface area contributed by atoms with Gasteiger partial charge < -0.3 is 19.5 Å². The molecule has 0 saturated heterocycles. The Morgan fingerprint density at radius 1 is 0.962 bits per heavy atom. The van der Waals surface area contributed by atoms with E-state index < -0.39 is 35.6 Å². The van der Waals surface area contributed by atoms with E-state index in [9.17, 15) is 14.4 Å². The molecule has 0 aliphatic heterocycles. The van der Waals surface area contributed by atoms with Crippen molar-refractivity contribution in [2.75, 3.05) is 13.2 Å². The van der Waals surface area contributed by atoms with Gasteiger partial charge in [-0.25, -0.2) is 4.79 Å². The van der Waals surface area contributed by atoms with Gasteiger partial charge in [0.1, 0.15) is 5.60 Å². The number of ether oxygens (including phenoxy) is 3. The molecule has 0 bridgehead atoms. The van der Waals surface area contributed by atoms with Crippen LogP contribution in [0.4, 0.5) is 4.79 Å². The van der Waals surface area contributed by atoms with Crippen molar-refractivity contribution in [2.24, 2.45) is 5.92 Å². The maximum absolute atomic E-state index is 12.4. The Labute approximate surface area is 154 Å². The predicted octanol–water partition coefficient (Wildman–Crippen LogP) is 2.99. The molecule has 1 atom stereocenters. The first-order valence-corrected chi connectivity index (χ1v) is 8.57. The second kappa shape index (κ2) is 9.79. The number of alkyl carbamates (subject to hydrolysis) is 1. The zero-order valence-electron chi connectivity index (χ0n) is 15.9. The summed E-state index contributed by atoms with van der Waals surface area (Å²) in [6, 6.07) is 7.70. The quantitative estimate of drug-likeness (QED) is 0.454. The molecule has 144 valence electrons. The van der Waals surface area contributed by atoms with Crippen molar-refractivity contribution in [3.8, 4) is 0 Å². The summed E-state index contributed by atoms with van der Waals surface area (Å²) in [5, 5.41) is 2.61. The molecule has 1 aromatic carbocycles. The summed E-state index contributed by atoms with van der Waals surface area (Å²) in [6.07, 6.45) is -0.745. The topological polar surface area (TPSA) is 90.9 Å². The Hall–Kier alpha value is -2.57. The second-order valence-electron chi connectivity index (χ2n) is 6.52. The summed E-state index contributed by atoms with van der Waals surface area (Å²) in [6.45, 7) is 8.64. The number of carbonyl (C=O) groups excluding carboxylic acids is 3. The molecule has 0 saturated carbocycles. The number of benzene rings is 1. The number of rotatable bonds is 7. The molecule has 1 rings (SSSR count). The molecule has 1 aromatic rings. The number of hydrogen-bond donors (Lipinski definition) is 1. The fourth-order valence-corrected chi connectivity index (χ4v) is 2.29. The average molecular weight is 365 g/mol. The van der Waals surface area contributed by atoms with Crippen molar-refractivity contribution >= 4 is 18.0 Å². The standard InChI is InChI=1S/C19H27NO6/c1-6-24-16(21)14(17(22)25-7-2)15(13-11-9-8-10-12-13)20-18(23)26-19(3,4)5/h8-12,14-15H,6-7H2,1-5H3,(H,20,23)/t15-/m0/s1. The number of nitrogens with one attached hydrogen (secondary N) is 1. The van der Waals surface area contributed by atoms with Crippen LogP contribution < -0.4 is 5.32 Å². The summed E-state index contributed by atoms with van der Waals surface area (Å²) in [7, 11) is 0. The molecule has 1 amide bonds. The van der Waals surface area contributed by atoms with E-state index in [1.165, 1.54) is 0 Å². The highest BCUT2D eigenvalue weighted by atomic mass is 16.6. The van der Waals surface area contributed by atoms with Gasteiger partial charge in [-0.3, -0.25) is 9.59 Å². The van der Waals surface area contributed by atoms with E-state index in [1.807, 2.05) is 0 Å². The summed E-state index contributed by atoms with van der Waals surface area (Å²) in [4.78, 5) is 37.1. The van der Waals surface area contributed by atoms with E-state index in [4.69, 9.17) is 14.2 Å². The van der Waals surface area contributed by atoms with Crippen LogP contribution in [-0.2, 0) is 23.8 Å². The Morgan fingerprint density at radius 2 is 1.46 bits per heavy atom. The minimum absolute atomic E-state index is 0.0999. The lowest BCUT2D eigenvalue weighted by molar-refractivity contribution is -0.163. The largest absolute Gasteiger partial charge is 0.465 e. The van der Waals surface area contributed by atoms with Gasteiger partial charge in [0.15, 0.2) is 5.92 Å². The Balaban J connectivity index is 3.23. The van der Waals surface area contributed by atoms with Crippen LogP contribution in [0, 0.1) is 5.92 Å². The highest BCUT2D eigenvalue weighted by Gasteiger charge is 2.40. The Morgan fingerprint density at radius 3 is 1.88 bits per heavy atom. The minimum atomic E-state index is -1.34. The van der Waals surface area contributed by atoms with Crippen LogP contribution in [0.1, 0.15) is 46.2 Å². The number of esters is 2. The van der Waals surface area contributed by atoms with Gasteiger partial charge in [0.2, 0.25) is 0 Å². The van der Waals surface area contributed by atoms with Gasteiger partial charge in [-0.1, -0.05) is 30.3 Å². The molecule has 0 aromatic heterocycles. The van der Waals surface area contributed by atoms with E-state index in [0.717, 1.165) is 0 Å². The minimum Gasteiger partial charge on any atom is -0.465 e. The second-order valence-corrected chi connectivity index (χ2v) is 6.52. The first-order valence-electron chi connectivity index (χ1n) is 8.57. The van der Waals surface area contributed by atoms with Gasteiger partial charge in [0.25, 0.3) is 0 Å². The Bertz CT molecular complexity index is 590. The summed E-state index contributed by atoms with van der Waals surface area (Å²) in [5.41, 5.74) is -0.168. The summed E-state index contributed by atoms with van der Waals surface area (Å²) >= 11 is 0. The lowest BCUT2D eigenvalue weighted by Crippen LogP contribution is -2.44. The fraction of sp³-hybridized carbons (Fsp3) is 0.526. The lowest BCUT2D eigenvalue weighted by Gasteiger charge is -2.27. The van der Waals surface area contributed by atoms with Gasteiger partial charge in [-0.05, 0) is 40.2 Å². The smallest absolute Gasteiger partial charge is 0.408 e. The van der Waals surface area contributed by atoms with Crippen LogP contribution in [0.5, 0.6) is 0 Å². The van der Waals surface area contributed by atoms with Crippen LogP contribution in [0.3, 0.4) is 0 Å². The number of carbonyl (C=O) groups is 3. The van der Waals surface area contributed by atoms with E-state index in [2.05, 4.69) is 5.32 Å². The predicted molar refractivity (Wildman–Crippen MR) is 95.3 cm³/mol. The van der Waals surface area contributed by atoms with Gasteiger partial charge in [0, 0.05) is 0 Å². The molecule has 0 spiro atoms. The van der Waals surface area contributed by atoms with Crippen LogP contribution in [0.15, 0.2) is 30.3 Å². The molecule has 0 unspecified atom stereocenters. The van der Waals surface area contributed by atoms with Crippen LogP contribution in [0.25, 0.3) is 0 Å². The molecule has 0 fully saturated rings. The summed E-state index contributed by atoms with van der Waals surface area (Å²) < 4.78 is 15.3. The van der Waals surface area contributed by atoms with Crippen molar-refractivity contribution in [1.29, 1.82) is 0 Å². The molecule has 7 nitrogen and oxygen atoms in total. The van der Waals surface area contributed by atoms with Crippen molar-refractivity contribution in [3.05, 3.63) is 35.9 Å². The highest BCUT2D eigenvalue weighted by molar-refractivity contribution is 5.96. The molecular weight excluding hydrogens is 338 g/mol. The first kappa shape index (κ1) is 21.5. The molecule has 0 aliphatic carbocycles. The molecule has 0 heterocycles. The van der Waals surface area contributed by atoms with Crippen molar-refractivity contribution in [2.45, 2.75) is 46.3 Å². The van der Waals surface area contributed by atoms with Gasteiger partial charge >= 0.3 is 18.0 Å². The molecular formula is C19H27NO6. The normalized spacial score (nSPS) is 12.2. The third kappa shape index (κ3) is 6.74. The molecule has 1 N–H and O–H groups in total. The fourth-order valence-electron chi connectivity index (χ4n) is 2.29. The van der Waals surface area contributed by atoms with E-state index >= 15 is 0 Å². The van der Waals surface area contributed by atoms with Gasteiger partial charge in [-0.15, -0.1) is 0 Å². The van der Waals surface area contributed by atoms with Gasteiger partial charge in [-0.2, -0.15) is 0 Å². The number of amides is 1. The van der Waals surface area contributed by atoms with Crippen LogP contribution in [-0.4, -0.2) is 36.8 Å². The van der Waals surface area contributed by atoms with E-state index in [1.54, 1.807) is 65.0 Å². The number of hydrogen-bond acceptors (Lipinski definition) is 6. The molecule has 0 aliphatic rings. The first-order chi connectivity index (χ1) is 12.2. The zero-order chi connectivity index (χ0) is 19.7. The van der Waals surface area contributed by atoms with Crippen molar-refractivity contribution in [1.82, 2.24) is 5.32 Å². The van der Waals surface area contributed by atoms with E-state index in [-0.39, 0.29) is 13.2 Å². The highest BCUT2D eigenvalue weighted by Crippen LogP contribution is 2.26. The van der Waals surface area contributed by atoms with E-state index in [0.29, 0.717) is 5.56 Å². The lowest BCUT2D eigenvalue weighted by atomic mass is 9.93. The molecule has 0 radical (unpaired) electrons. The molecule has 7 heteroatoms. The monoisotopic (exact) mass is 365 g/mol. The van der Waals surface area contributed by atoms with Crippen LogP contribution in [0.2, 0.25) is 0 Å². The molecule has 26 heavy (non-hydrogen) atoms. The van der Waals surface area contributed by atoms with Crippen LogP contribution >= 0.6 is 0 Å². The maximum atomic E-state index is 12.4. The van der Waals surface area contributed by atoms with Crippen molar-refractivity contribution < 1.29 is 28.6 Å². The average Bonchev–Trinajstić information content (AvgIpc) is 2.54. The SMILES string of the molecule is CCOC(=O)C(C(=O)OCC)[C@@H](NC(=O)OC(C)(C)C)c1ccccc1. The maximum Gasteiger partial charge on any atom is 0.408 e. The third-order valence-corrected chi connectivity index (χ3v) is 3.25. The van der Waals surface area contributed by atoms with Gasteiger partial charge in [0.05, 0.1) is 19.3 Å². The Kier molecular flexibility index (Phi) is 8.09. The zero-order valence-corrected chi connectivity index (χ0v) is 15.9. The third-order valence-electron chi connectivity index (χ3n) is 3.25.